The van der Waals surface area contributed by atoms with E-state index in [0.717, 1.165) is 22.7 Å². The summed E-state index contributed by atoms with van der Waals surface area (Å²) in [5, 5.41) is 14.2. The van der Waals surface area contributed by atoms with Gasteiger partial charge in [-0.15, -0.1) is 22.7 Å². The van der Waals surface area contributed by atoms with E-state index in [1.807, 2.05) is 24.3 Å². The Labute approximate surface area is 119 Å². The van der Waals surface area contributed by atoms with E-state index >= 15 is 0 Å². The minimum atomic E-state index is 0.672. The second-order valence-corrected chi connectivity index (χ2v) is 6.05. The average Bonchev–Trinajstić information content (AvgIpc) is 3.11. The first-order chi connectivity index (χ1) is 9.35. The molecule has 0 N–H and O–H groups in total. The Morgan fingerprint density at radius 3 is 2.89 bits per heavy atom. The van der Waals surface area contributed by atoms with Gasteiger partial charge in [0.1, 0.15) is 0 Å². The second-order valence-electron chi connectivity index (χ2n) is 4.08. The van der Waals surface area contributed by atoms with Gasteiger partial charge in [-0.2, -0.15) is 5.26 Å². The second kappa shape index (κ2) is 5.35. The highest BCUT2D eigenvalue weighted by Crippen LogP contribution is 2.25. The van der Waals surface area contributed by atoms with Gasteiger partial charge in [-0.1, -0.05) is 18.2 Å². The average molecular weight is 282 g/mol. The van der Waals surface area contributed by atoms with Gasteiger partial charge in [0.2, 0.25) is 0 Å². The summed E-state index contributed by atoms with van der Waals surface area (Å²) in [5.74, 6) is 0. The monoisotopic (exact) mass is 282 g/mol. The van der Waals surface area contributed by atoms with Crippen molar-refractivity contribution >= 4 is 22.7 Å². The van der Waals surface area contributed by atoms with E-state index in [-0.39, 0.29) is 0 Å². The molecule has 0 aliphatic heterocycles. The van der Waals surface area contributed by atoms with Crippen molar-refractivity contribution in [2.45, 2.75) is 6.42 Å². The Hall–Kier alpha value is -1.96. The molecule has 0 saturated heterocycles. The maximum atomic E-state index is 8.92. The zero-order chi connectivity index (χ0) is 13.1. The molecule has 0 saturated carbocycles. The zero-order valence-electron chi connectivity index (χ0n) is 10.0. The molecule has 2 heterocycles. The first-order valence-electron chi connectivity index (χ1n) is 5.82. The summed E-state index contributed by atoms with van der Waals surface area (Å²) >= 11 is 3.42. The number of aromatic nitrogens is 1. The van der Waals surface area contributed by atoms with Crippen LogP contribution in [-0.2, 0) is 6.42 Å². The number of thiazole rings is 1. The van der Waals surface area contributed by atoms with Crippen LogP contribution < -0.4 is 0 Å². The lowest BCUT2D eigenvalue weighted by molar-refractivity contribution is 1.17. The number of hydrogen-bond acceptors (Lipinski definition) is 4. The topological polar surface area (TPSA) is 36.7 Å². The molecule has 0 atom stereocenters. The van der Waals surface area contributed by atoms with Crippen molar-refractivity contribution in [1.82, 2.24) is 4.98 Å². The Kier molecular flexibility index (Phi) is 3.41. The summed E-state index contributed by atoms with van der Waals surface area (Å²) < 4.78 is 0. The van der Waals surface area contributed by atoms with Gasteiger partial charge in [-0.05, 0) is 23.6 Å². The highest BCUT2D eigenvalue weighted by Gasteiger charge is 2.06. The van der Waals surface area contributed by atoms with Crippen LogP contribution in [-0.4, -0.2) is 4.98 Å². The lowest BCUT2D eigenvalue weighted by Crippen LogP contribution is -1.84. The van der Waals surface area contributed by atoms with Gasteiger partial charge in [-0.3, -0.25) is 0 Å². The first-order valence-corrected chi connectivity index (χ1v) is 7.58. The van der Waals surface area contributed by atoms with Crippen molar-refractivity contribution in [3.8, 4) is 17.3 Å². The van der Waals surface area contributed by atoms with E-state index in [9.17, 15) is 0 Å². The molecule has 2 nitrogen and oxygen atoms in total. The van der Waals surface area contributed by atoms with Crippen LogP contribution in [0, 0.1) is 11.3 Å². The number of nitrogens with zero attached hydrogens (tertiary/aromatic N) is 2. The Balaban J connectivity index is 1.86. The predicted octanol–water partition coefficient (Wildman–Crippen LogP) is 4.33. The van der Waals surface area contributed by atoms with Crippen LogP contribution in [0.3, 0.4) is 0 Å². The van der Waals surface area contributed by atoms with Crippen molar-refractivity contribution in [3.05, 3.63) is 62.6 Å². The fourth-order valence-corrected chi connectivity index (χ4v) is 3.46. The number of hydrogen-bond donors (Lipinski definition) is 0. The molecule has 2 aromatic heterocycles. The lowest BCUT2D eigenvalue weighted by Gasteiger charge is -1.96. The van der Waals surface area contributed by atoms with Gasteiger partial charge in [0.05, 0.1) is 22.3 Å². The molecule has 3 rings (SSSR count). The van der Waals surface area contributed by atoms with E-state index in [1.165, 1.54) is 4.88 Å². The molecule has 0 fully saturated rings. The summed E-state index contributed by atoms with van der Waals surface area (Å²) in [7, 11) is 0. The summed E-state index contributed by atoms with van der Waals surface area (Å²) in [6.07, 6.45) is 0.889. The van der Waals surface area contributed by atoms with Crippen molar-refractivity contribution in [1.29, 1.82) is 5.26 Å². The van der Waals surface area contributed by atoms with Crippen LogP contribution in [0.25, 0.3) is 11.3 Å². The summed E-state index contributed by atoms with van der Waals surface area (Å²) in [6, 6.07) is 13.9. The molecule has 0 aliphatic rings. The molecule has 0 amide bonds. The molecule has 0 unspecified atom stereocenters. The largest absolute Gasteiger partial charge is 0.241 e. The van der Waals surface area contributed by atoms with Crippen molar-refractivity contribution in [2.75, 3.05) is 0 Å². The third-order valence-electron chi connectivity index (χ3n) is 2.74. The molecular formula is C15H10N2S2. The fourth-order valence-electron chi connectivity index (χ4n) is 1.83. The molecule has 4 heteroatoms. The smallest absolute Gasteiger partial charge is 0.0991 e. The molecule has 19 heavy (non-hydrogen) atoms. The minimum Gasteiger partial charge on any atom is -0.241 e. The lowest BCUT2D eigenvalue weighted by atomic mass is 10.1. The van der Waals surface area contributed by atoms with E-state index < -0.39 is 0 Å². The Morgan fingerprint density at radius 1 is 1.16 bits per heavy atom. The number of rotatable bonds is 3. The highest BCUT2D eigenvalue weighted by atomic mass is 32.1. The van der Waals surface area contributed by atoms with Gasteiger partial charge in [0, 0.05) is 22.2 Å². The van der Waals surface area contributed by atoms with Crippen molar-refractivity contribution in [2.24, 2.45) is 0 Å². The van der Waals surface area contributed by atoms with Crippen LogP contribution in [0.15, 0.2) is 47.2 Å². The summed E-state index contributed by atoms with van der Waals surface area (Å²) in [4.78, 5) is 5.97. The third-order valence-corrected chi connectivity index (χ3v) is 4.47. The molecule has 0 bridgehead atoms. The van der Waals surface area contributed by atoms with E-state index in [4.69, 9.17) is 5.26 Å². The van der Waals surface area contributed by atoms with E-state index in [2.05, 4.69) is 33.9 Å². The van der Waals surface area contributed by atoms with Crippen molar-refractivity contribution < 1.29 is 0 Å². The SMILES string of the molecule is N#Cc1cccc(-c2csc(Cc3cccs3)n2)c1. The number of thiophene rings is 1. The molecule has 0 radical (unpaired) electrons. The zero-order valence-corrected chi connectivity index (χ0v) is 11.7. The number of nitriles is 1. The fraction of sp³-hybridized carbons (Fsp3) is 0.0667. The van der Waals surface area contributed by atoms with Crippen LogP contribution in [0.1, 0.15) is 15.4 Å². The third kappa shape index (κ3) is 2.73. The minimum absolute atomic E-state index is 0.672. The molecule has 0 spiro atoms. The van der Waals surface area contributed by atoms with Gasteiger partial charge in [-0.25, -0.2) is 4.98 Å². The molecule has 1 aromatic carbocycles. The molecular weight excluding hydrogens is 272 g/mol. The van der Waals surface area contributed by atoms with Crippen molar-refractivity contribution in [3.63, 3.8) is 0 Å². The maximum absolute atomic E-state index is 8.92. The summed E-state index contributed by atoms with van der Waals surface area (Å²) in [6.45, 7) is 0. The van der Waals surface area contributed by atoms with Gasteiger partial charge in [0.15, 0.2) is 0 Å². The van der Waals surface area contributed by atoms with Gasteiger partial charge < -0.3 is 0 Å². The summed E-state index contributed by atoms with van der Waals surface area (Å²) in [5.41, 5.74) is 2.63. The molecule has 0 aliphatic carbocycles. The Bertz CT molecular complexity index is 721. The van der Waals surface area contributed by atoms with E-state index in [0.29, 0.717) is 5.56 Å². The van der Waals surface area contributed by atoms with Crippen LogP contribution >= 0.6 is 22.7 Å². The van der Waals surface area contributed by atoms with Gasteiger partial charge in [0.25, 0.3) is 0 Å². The van der Waals surface area contributed by atoms with Crippen LogP contribution in [0.5, 0.6) is 0 Å². The highest BCUT2D eigenvalue weighted by molar-refractivity contribution is 7.11. The molecule has 3 aromatic rings. The van der Waals surface area contributed by atoms with E-state index in [1.54, 1.807) is 22.7 Å². The Morgan fingerprint density at radius 2 is 2.11 bits per heavy atom. The van der Waals surface area contributed by atoms with Gasteiger partial charge >= 0.3 is 0 Å². The van der Waals surface area contributed by atoms with Crippen LogP contribution in [0.4, 0.5) is 0 Å². The standard InChI is InChI=1S/C15H10N2S2/c16-9-11-3-1-4-12(7-11)14-10-19-15(17-14)8-13-5-2-6-18-13/h1-7,10H,8H2. The normalized spacial score (nSPS) is 10.3. The van der Waals surface area contributed by atoms with Crippen LogP contribution in [0.2, 0.25) is 0 Å². The maximum Gasteiger partial charge on any atom is 0.0991 e. The first kappa shape index (κ1) is 12.1. The number of benzene rings is 1. The predicted molar refractivity (Wildman–Crippen MR) is 79.4 cm³/mol. The molecule has 92 valence electrons. The quantitative estimate of drug-likeness (QED) is 0.716.